The first-order valence-corrected chi connectivity index (χ1v) is 6.52. The fourth-order valence-electron chi connectivity index (χ4n) is 2.07. The summed E-state index contributed by atoms with van der Waals surface area (Å²) in [7, 11) is 0. The molecule has 0 radical (unpaired) electrons. The van der Waals surface area contributed by atoms with Crippen molar-refractivity contribution in [2.45, 2.75) is 13.5 Å². The molecular weight excluding hydrogens is 288 g/mol. The number of carbonyl (C=O) groups is 3. The van der Waals surface area contributed by atoms with E-state index in [1.54, 1.807) is 31.2 Å². The van der Waals surface area contributed by atoms with Gasteiger partial charge in [-0.1, -0.05) is 0 Å². The summed E-state index contributed by atoms with van der Waals surface area (Å²) >= 11 is 0. The van der Waals surface area contributed by atoms with Crippen LogP contribution in [-0.2, 0) is 16.1 Å². The van der Waals surface area contributed by atoms with Crippen molar-refractivity contribution in [2.24, 2.45) is 0 Å². The molecule has 3 rings (SSSR count). The molecule has 7 nitrogen and oxygen atoms in total. The normalized spacial score (nSPS) is 17.2. The van der Waals surface area contributed by atoms with Crippen LogP contribution in [0, 0.1) is 6.92 Å². The number of nitrogens with zero attached hydrogens (tertiary/aromatic N) is 1. The summed E-state index contributed by atoms with van der Waals surface area (Å²) in [6.07, 6.45) is 2.75. The number of furan rings is 2. The monoisotopic (exact) mass is 300 g/mol. The van der Waals surface area contributed by atoms with Crippen LogP contribution in [-0.4, -0.2) is 22.7 Å². The minimum atomic E-state index is -0.779. The fourth-order valence-corrected chi connectivity index (χ4v) is 2.07. The minimum absolute atomic E-state index is 0.0561. The van der Waals surface area contributed by atoms with Gasteiger partial charge in [-0.3, -0.25) is 19.8 Å². The smallest absolute Gasteiger partial charge is 0.331 e. The molecular formula is C15H12N2O5. The molecule has 1 saturated heterocycles. The molecule has 1 aliphatic heterocycles. The number of hydrogen-bond acceptors (Lipinski definition) is 5. The van der Waals surface area contributed by atoms with E-state index in [0.717, 1.165) is 4.90 Å². The van der Waals surface area contributed by atoms with E-state index in [2.05, 4.69) is 5.32 Å². The van der Waals surface area contributed by atoms with Crippen molar-refractivity contribution in [3.05, 3.63) is 53.4 Å². The molecule has 1 aliphatic rings. The van der Waals surface area contributed by atoms with Crippen molar-refractivity contribution in [2.75, 3.05) is 0 Å². The first kappa shape index (κ1) is 13.9. The number of urea groups is 1. The Morgan fingerprint density at radius 2 is 2.05 bits per heavy atom. The Kier molecular flexibility index (Phi) is 3.38. The Bertz CT molecular complexity index is 770. The first-order chi connectivity index (χ1) is 10.5. The van der Waals surface area contributed by atoms with Crippen LogP contribution in [0.5, 0.6) is 0 Å². The van der Waals surface area contributed by atoms with E-state index in [9.17, 15) is 14.4 Å². The van der Waals surface area contributed by atoms with Gasteiger partial charge in [0.1, 0.15) is 22.9 Å². The summed E-state index contributed by atoms with van der Waals surface area (Å²) in [4.78, 5) is 37.0. The highest BCUT2D eigenvalue weighted by Gasteiger charge is 2.36. The van der Waals surface area contributed by atoms with Gasteiger partial charge in [0.2, 0.25) is 0 Å². The zero-order valence-electron chi connectivity index (χ0n) is 11.7. The average molecular weight is 300 g/mol. The van der Waals surface area contributed by atoms with E-state index in [1.807, 2.05) is 0 Å². The molecule has 112 valence electrons. The van der Waals surface area contributed by atoms with Crippen molar-refractivity contribution < 1.29 is 23.2 Å². The Morgan fingerprint density at radius 3 is 2.68 bits per heavy atom. The van der Waals surface area contributed by atoms with Gasteiger partial charge in [0.05, 0.1) is 12.8 Å². The van der Waals surface area contributed by atoms with Crippen LogP contribution in [0.3, 0.4) is 0 Å². The molecule has 2 aromatic rings. The summed E-state index contributed by atoms with van der Waals surface area (Å²) in [5, 5.41) is 2.12. The molecule has 1 N–H and O–H groups in total. The van der Waals surface area contributed by atoms with Crippen LogP contribution in [0.1, 0.15) is 17.3 Å². The lowest BCUT2D eigenvalue weighted by Gasteiger charge is -2.25. The number of aryl methyl sites for hydroxylation is 1. The summed E-state index contributed by atoms with van der Waals surface area (Å²) in [6.45, 7) is 1.69. The van der Waals surface area contributed by atoms with Crippen molar-refractivity contribution in [3.63, 3.8) is 0 Å². The standard InChI is InChI=1S/C15H12N2O5/c1-9-4-5-10(22-9)7-12-13(18)16-15(20)17(14(12)19)8-11-3-2-6-21-11/h2-7H,8H2,1H3,(H,16,18,20). The van der Waals surface area contributed by atoms with Crippen LogP contribution in [0.15, 0.2) is 44.9 Å². The summed E-state index contributed by atoms with van der Waals surface area (Å²) in [5.74, 6) is 0.00678. The van der Waals surface area contributed by atoms with Gasteiger partial charge in [-0.05, 0) is 37.3 Å². The van der Waals surface area contributed by atoms with E-state index in [1.165, 1.54) is 12.3 Å². The highest BCUT2D eigenvalue weighted by atomic mass is 16.3. The average Bonchev–Trinajstić information content (AvgIpc) is 3.11. The maximum absolute atomic E-state index is 12.4. The molecule has 0 bridgehead atoms. The zero-order chi connectivity index (χ0) is 15.7. The van der Waals surface area contributed by atoms with Crippen LogP contribution >= 0.6 is 0 Å². The molecule has 0 atom stereocenters. The predicted octanol–water partition coefficient (Wildman–Crippen LogP) is 1.84. The van der Waals surface area contributed by atoms with E-state index in [0.29, 0.717) is 17.3 Å². The first-order valence-electron chi connectivity index (χ1n) is 6.52. The van der Waals surface area contributed by atoms with Gasteiger partial charge in [0.25, 0.3) is 11.8 Å². The SMILES string of the molecule is Cc1ccc(C=C2C(=O)NC(=O)N(Cc3ccco3)C2=O)o1. The van der Waals surface area contributed by atoms with Gasteiger partial charge in [0, 0.05) is 0 Å². The predicted molar refractivity (Wildman–Crippen MR) is 74.2 cm³/mol. The molecule has 1 fully saturated rings. The van der Waals surface area contributed by atoms with Crippen molar-refractivity contribution in [1.29, 1.82) is 0 Å². The molecule has 3 heterocycles. The Balaban J connectivity index is 1.90. The maximum Gasteiger partial charge on any atom is 0.331 e. The summed E-state index contributed by atoms with van der Waals surface area (Å²) in [5.41, 5.74) is -0.166. The largest absolute Gasteiger partial charge is 0.467 e. The third-order valence-electron chi connectivity index (χ3n) is 3.13. The Labute approximate surface area is 125 Å². The molecule has 0 saturated carbocycles. The fraction of sp³-hybridized carbons (Fsp3) is 0.133. The lowest BCUT2D eigenvalue weighted by molar-refractivity contribution is -0.130. The van der Waals surface area contributed by atoms with E-state index >= 15 is 0 Å². The van der Waals surface area contributed by atoms with E-state index in [-0.39, 0.29) is 12.1 Å². The number of amides is 4. The molecule has 4 amide bonds. The van der Waals surface area contributed by atoms with Gasteiger partial charge >= 0.3 is 6.03 Å². The van der Waals surface area contributed by atoms with Crippen molar-refractivity contribution in [3.8, 4) is 0 Å². The number of imide groups is 2. The second-order valence-corrected chi connectivity index (χ2v) is 4.74. The summed E-state index contributed by atoms with van der Waals surface area (Å²) < 4.78 is 10.4. The van der Waals surface area contributed by atoms with Gasteiger partial charge < -0.3 is 8.83 Å². The number of rotatable bonds is 3. The highest BCUT2D eigenvalue weighted by molar-refractivity contribution is 6.30. The Morgan fingerprint density at radius 1 is 1.23 bits per heavy atom. The number of nitrogens with one attached hydrogen (secondary N) is 1. The maximum atomic E-state index is 12.4. The van der Waals surface area contributed by atoms with E-state index in [4.69, 9.17) is 8.83 Å². The zero-order valence-corrected chi connectivity index (χ0v) is 11.7. The van der Waals surface area contributed by atoms with Gasteiger partial charge in [-0.2, -0.15) is 0 Å². The molecule has 22 heavy (non-hydrogen) atoms. The third kappa shape index (κ3) is 2.56. The molecule has 0 spiro atoms. The highest BCUT2D eigenvalue weighted by Crippen LogP contribution is 2.18. The minimum Gasteiger partial charge on any atom is -0.467 e. The topological polar surface area (TPSA) is 92.8 Å². The molecule has 7 heteroatoms. The lowest BCUT2D eigenvalue weighted by Crippen LogP contribution is -2.53. The molecule has 2 aromatic heterocycles. The van der Waals surface area contributed by atoms with Crippen LogP contribution < -0.4 is 5.32 Å². The summed E-state index contributed by atoms with van der Waals surface area (Å²) in [6, 6.07) is 5.85. The van der Waals surface area contributed by atoms with Crippen LogP contribution in [0.2, 0.25) is 0 Å². The molecule has 0 unspecified atom stereocenters. The van der Waals surface area contributed by atoms with Gasteiger partial charge in [-0.25, -0.2) is 4.79 Å². The number of carbonyl (C=O) groups excluding carboxylic acids is 3. The number of barbiturate groups is 1. The van der Waals surface area contributed by atoms with E-state index < -0.39 is 17.8 Å². The second kappa shape index (κ2) is 5.36. The van der Waals surface area contributed by atoms with Gasteiger partial charge in [0.15, 0.2) is 0 Å². The van der Waals surface area contributed by atoms with Crippen molar-refractivity contribution >= 4 is 23.9 Å². The molecule has 0 aromatic carbocycles. The second-order valence-electron chi connectivity index (χ2n) is 4.74. The lowest BCUT2D eigenvalue weighted by atomic mass is 10.1. The van der Waals surface area contributed by atoms with Crippen LogP contribution in [0.25, 0.3) is 6.08 Å². The third-order valence-corrected chi connectivity index (χ3v) is 3.13. The van der Waals surface area contributed by atoms with Crippen molar-refractivity contribution in [1.82, 2.24) is 10.2 Å². The number of hydrogen-bond donors (Lipinski definition) is 1. The van der Waals surface area contributed by atoms with Crippen LogP contribution in [0.4, 0.5) is 4.79 Å². The quantitative estimate of drug-likeness (QED) is 0.689. The Hall–Kier alpha value is -3.09. The van der Waals surface area contributed by atoms with Gasteiger partial charge in [-0.15, -0.1) is 0 Å². The molecule has 0 aliphatic carbocycles.